The molecule has 0 radical (unpaired) electrons. The molecule has 3 rings (SSSR count). The first kappa shape index (κ1) is 20.4. The van der Waals surface area contributed by atoms with Gasteiger partial charge in [-0.25, -0.2) is 0 Å². The highest BCUT2D eigenvalue weighted by atomic mass is 16.3. The Morgan fingerprint density at radius 1 is 1.28 bits per heavy atom. The number of aromatic hydroxyl groups is 1. The van der Waals surface area contributed by atoms with Crippen LogP contribution in [0.2, 0.25) is 0 Å². The first-order valence-corrected chi connectivity index (χ1v) is 9.64. The number of rotatable bonds is 5. The van der Waals surface area contributed by atoms with Crippen molar-refractivity contribution >= 4 is 16.8 Å². The second-order valence-electron chi connectivity index (χ2n) is 7.69. The lowest BCUT2D eigenvalue weighted by atomic mass is 9.98. The average Bonchev–Trinajstić information content (AvgIpc) is 3.01. The van der Waals surface area contributed by atoms with Crippen LogP contribution in [-0.2, 0) is 13.0 Å². The van der Waals surface area contributed by atoms with E-state index in [0.29, 0.717) is 11.1 Å². The fraction of sp³-hybridized carbons (Fsp3) is 0.348. The van der Waals surface area contributed by atoms with Crippen LogP contribution in [0.1, 0.15) is 59.1 Å². The van der Waals surface area contributed by atoms with E-state index in [1.54, 1.807) is 6.92 Å². The van der Waals surface area contributed by atoms with Gasteiger partial charge < -0.3 is 9.52 Å². The number of aryl methyl sites for hydroxylation is 2. The fourth-order valence-corrected chi connectivity index (χ4v) is 3.58. The maximum absolute atomic E-state index is 13.4. The van der Waals surface area contributed by atoms with Gasteiger partial charge in [0.2, 0.25) is 11.7 Å². The molecule has 2 aromatic heterocycles. The summed E-state index contributed by atoms with van der Waals surface area (Å²) in [6.07, 6.45) is 0.857. The number of nitrogens with zero attached hydrogens (tertiary/aromatic N) is 2. The average molecular weight is 392 g/mol. The zero-order valence-corrected chi connectivity index (χ0v) is 17.3. The standard InChI is InChI=1S/C23H24N2O4/c1-6-15-7-8-18-16(9-15)14(5)21(29-18)20(26)19-13(4)17(10-24)22(27)25(23(19)28)11-12(2)3/h7-9,12,28H,6,11H2,1-5H3. The summed E-state index contributed by atoms with van der Waals surface area (Å²) in [5.74, 6) is -0.832. The van der Waals surface area contributed by atoms with Crippen molar-refractivity contribution in [1.29, 1.82) is 5.26 Å². The van der Waals surface area contributed by atoms with Gasteiger partial charge in [0.25, 0.3) is 5.56 Å². The second kappa shape index (κ2) is 7.59. The summed E-state index contributed by atoms with van der Waals surface area (Å²) in [6.45, 7) is 9.30. The lowest BCUT2D eigenvalue weighted by molar-refractivity contribution is 0.100. The van der Waals surface area contributed by atoms with Gasteiger partial charge in [0, 0.05) is 17.5 Å². The van der Waals surface area contributed by atoms with E-state index in [1.807, 2.05) is 45.0 Å². The monoisotopic (exact) mass is 392 g/mol. The Morgan fingerprint density at radius 2 is 1.97 bits per heavy atom. The third kappa shape index (κ3) is 3.33. The fourth-order valence-electron chi connectivity index (χ4n) is 3.58. The SMILES string of the molecule is CCc1ccc2oc(C(=O)c3c(C)c(C#N)c(=O)n(CC(C)C)c3O)c(C)c2c1. The van der Waals surface area contributed by atoms with Gasteiger partial charge in [0.15, 0.2) is 5.76 Å². The van der Waals surface area contributed by atoms with Gasteiger partial charge in [-0.3, -0.25) is 14.2 Å². The smallest absolute Gasteiger partial charge is 0.271 e. The van der Waals surface area contributed by atoms with Crippen molar-refractivity contribution in [1.82, 2.24) is 4.57 Å². The number of carbonyl (C=O) groups is 1. The van der Waals surface area contributed by atoms with Gasteiger partial charge in [-0.05, 0) is 49.4 Å². The van der Waals surface area contributed by atoms with Crippen molar-refractivity contribution in [2.24, 2.45) is 5.92 Å². The second-order valence-corrected chi connectivity index (χ2v) is 7.69. The lowest BCUT2D eigenvalue weighted by Gasteiger charge is -2.16. The van der Waals surface area contributed by atoms with Crippen LogP contribution in [0.25, 0.3) is 11.0 Å². The molecule has 0 spiro atoms. The number of ketones is 1. The Labute approximate surface area is 169 Å². The zero-order chi connectivity index (χ0) is 21.5. The van der Waals surface area contributed by atoms with Gasteiger partial charge in [-0.1, -0.05) is 26.8 Å². The first-order chi connectivity index (χ1) is 13.7. The molecule has 0 fully saturated rings. The minimum atomic E-state index is -0.596. The van der Waals surface area contributed by atoms with Crippen LogP contribution in [0.5, 0.6) is 5.88 Å². The van der Waals surface area contributed by atoms with Crippen molar-refractivity contribution in [2.45, 2.75) is 47.6 Å². The molecule has 0 aliphatic carbocycles. The molecule has 0 amide bonds. The molecule has 0 bridgehead atoms. The van der Waals surface area contributed by atoms with Gasteiger partial charge in [0.05, 0.1) is 5.56 Å². The number of furan rings is 1. The Hall–Kier alpha value is -3.33. The Balaban J connectivity index is 2.27. The van der Waals surface area contributed by atoms with Crippen LogP contribution in [0, 0.1) is 31.1 Å². The molecule has 0 atom stereocenters. The summed E-state index contributed by atoms with van der Waals surface area (Å²) in [7, 11) is 0. The van der Waals surface area contributed by atoms with E-state index < -0.39 is 17.2 Å². The number of carbonyl (C=O) groups excluding carboxylic acids is 1. The van der Waals surface area contributed by atoms with Crippen molar-refractivity contribution in [3.8, 4) is 11.9 Å². The number of hydrogen-bond donors (Lipinski definition) is 1. The Kier molecular flexibility index (Phi) is 5.34. The van der Waals surface area contributed by atoms with E-state index in [4.69, 9.17) is 4.42 Å². The summed E-state index contributed by atoms with van der Waals surface area (Å²) < 4.78 is 6.91. The molecule has 6 nitrogen and oxygen atoms in total. The minimum absolute atomic E-state index is 0.0382. The maximum atomic E-state index is 13.4. The summed E-state index contributed by atoms with van der Waals surface area (Å²) in [6, 6.07) is 7.63. The number of nitriles is 1. The molecule has 2 heterocycles. The van der Waals surface area contributed by atoms with Crippen molar-refractivity contribution in [3.05, 3.63) is 62.1 Å². The van der Waals surface area contributed by atoms with Crippen LogP contribution in [-0.4, -0.2) is 15.5 Å². The molecule has 0 unspecified atom stereocenters. The predicted octanol–water partition coefficient (Wildman–Crippen LogP) is 4.24. The largest absolute Gasteiger partial charge is 0.494 e. The molecule has 1 aromatic carbocycles. The molecule has 0 saturated heterocycles. The van der Waals surface area contributed by atoms with Crippen LogP contribution in [0.3, 0.4) is 0 Å². The zero-order valence-electron chi connectivity index (χ0n) is 17.3. The highest BCUT2D eigenvalue weighted by Crippen LogP contribution is 2.32. The normalized spacial score (nSPS) is 11.2. The van der Waals surface area contributed by atoms with Gasteiger partial charge in [0.1, 0.15) is 17.2 Å². The van der Waals surface area contributed by atoms with Gasteiger partial charge in [-0.2, -0.15) is 5.26 Å². The van der Waals surface area contributed by atoms with Crippen LogP contribution in [0.4, 0.5) is 0 Å². The van der Waals surface area contributed by atoms with Gasteiger partial charge >= 0.3 is 0 Å². The van der Waals surface area contributed by atoms with Crippen molar-refractivity contribution in [3.63, 3.8) is 0 Å². The van der Waals surface area contributed by atoms with E-state index in [2.05, 4.69) is 0 Å². The molecule has 0 aliphatic rings. The van der Waals surface area contributed by atoms with E-state index in [9.17, 15) is 20.0 Å². The summed E-state index contributed by atoms with van der Waals surface area (Å²) in [5, 5.41) is 21.1. The van der Waals surface area contributed by atoms with Crippen LogP contribution in [0.15, 0.2) is 27.4 Å². The first-order valence-electron chi connectivity index (χ1n) is 9.64. The topological polar surface area (TPSA) is 96.2 Å². The number of pyridine rings is 1. The molecular weight excluding hydrogens is 368 g/mol. The Morgan fingerprint density at radius 3 is 2.55 bits per heavy atom. The maximum Gasteiger partial charge on any atom is 0.271 e. The van der Waals surface area contributed by atoms with Crippen LogP contribution < -0.4 is 5.56 Å². The number of fused-ring (bicyclic) bond motifs is 1. The summed E-state index contributed by atoms with van der Waals surface area (Å²) in [5.41, 5.74) is 1.72. The highest BCUT2D eigenvalue weighted by molar-refractivity contribution is 6.12. The third-order valence-electron chi connectivity index (χ3n) is 5.19. The van der Waals surface area contributed by atoms with E-state index in [0.717, 1.165) is 21.9 Å². The summed E-state index contributed by atoms with van der Waals surface area (Å²) in [4.78, 5) is 26.0. The van der Waals surface area contributed by atoms with E-state index >= 15 is 0 Å². The van der Waals surface area contributed by atoms with E-state index in [-0.39, 0.29) is 34.9 Å². The van der Waals surface area contributed by atoms with Crippen molar-refractivity contribution in [2.75, 3.05) is 0 Å². The molecule has 1 N–H and O–H groups in total. The number of aromatic nitrogens is 1. The third-order valence-corrected chi connectivity index (χ3v) is 5.19. The predicted molar refractivity (Wildman–Crippen MR) is 110 cm³/mol. The highest BCUT2D eigenvalue weighted by Gasteiger charge is 2.28. The Bertz CT molecular complexity index is 1220. The van der Waals surface area contributed by atoms with Gasteiger partial charge in [-0.15, -0.1) is 0 Å². The molecule has 0 saturated carbocycles. The molecule has 150 valence electrons. The quantitative estimate of drug-likeness (QED) is 0.655. The van der Waals surface area contributed by atoms with E-state index in [1.165, 1.54) is 6.92 Å². The van der Waals surface area contributed by atoms with Crippen molar-refractivity contribution < 1.29 is 14.3 Å². The number of hydrogen-bond acceptors (Lipinski definition) is 5. The molecule has 29 heavy (non-hydrogen) atoms. The lowest BCUT2D eigenvalue weighted by Crippen LogP contribution is -2.28. The molecule has 6 heteroatoms. The van der Waals surface area contributed by atoms with Crippen LogP contribution >= 0.6 is 0 Å². The number of benzene rings is 1. The minimum Gasteiger partial charge on any atom is -0.494 e. The molecular formula is C23H24N2O4. The molecule has 3 aromatic rings. The summed E-state index contributed by atoms with van der Waals surface area (Å²) >= 11 is 0. The molecule has 0 aliphatic heterocycles.